The van der Waals surface area contributed by atoms with E-state index in [1.165, 1.54) is 17.6 Å². The van der Waals surface area contributed by atoms with Gasteiger partial charge in [0.05, 0.1) is 20.9 Å². The molecule has 21 heavy (non-hydrogen) atoms. The summed E-state index contributed by atoms with van der Waals surface area (Å²) in [4.78, 5) is 4.40. The number of hydrogen-bond donors (Lipinski definition) is 2. The predicted molar refractivity (Wildman–Crippen MR) is 91.7 cm³/mol. The molecule has 1 heterocycles. The number of rotatable bonds is 3. The lowest BCUT2D eigenvalue weighted by molar-refractivity contribution is 0.471. The van der Waals surface area contributed by atoms with Crippen molar-refractivity contribution in [1.82, 2.24) is 4.98 Å². The molecule has 0 aliphatic carbocycles. The molecule has 0 radical (unpaired) electrons. The van der Waals surface area contributed by atoms with Crippen molar-refractivity contribution in [3.63, 3.8) is 0 Å². The first-order chi connectivity index (χ1) is 10.1. The summed E-state index contributed by atoms with van der Waals surface area (Å²) in [7, 11) is 0. The van der Waals surface area contributed by atoms with Gasteiger partial charge in [-0.05, 0) is 40.2 Å². The highest BCUT2D eigenvalue weighted by molar-refractivity contribution is 9.10. The Labute approximate surface area is 138 Å². The fourth-order valence-electron chi connectivity index (χ4n) is 1.76. The Morgan fingerprint density at radius 1 is 1.33 bits per heavy atom. The zero-order valence-corrected chi connectivity index (χ0v) is 13.7. The van der Waals surface area contributed by atoms with Crippen LogP contribution >= 0.6 is 38.9 Å². The van der Waals surface area contributed by atoms with E-state index in [0.29, 0.717) is 20.2 Å². The van der Waals surface area contributed by atoms with Crippen LogP contribution in [-0.2, 0) is 0 Å². The number of phenols is 1. The summed E-state index contributed by atoms with van der Waals surface area (Å²) in [5, 5.41) is 15.2. The second-order valence-corrected chi connectivity index (χ2v) is 6.50. The topological polar surface area (TPSA) is 57.5 Å². The van der Waals surface area contributed by atoms with Gasteiger partial charge in [-0.15, -0.1) is 0 Å². The molecule has 0 aliphatic heterocycles. The Morgan fingerprint density at radius 2 is 2.14 bits per heavy atom. The number of halogens is 2. The molecule has 2 N–H and O–H groups in total. The molecule has 0 aliphatic rings. The number of nitrogens with zero attached hydrogens (tertiary/aromatic N) is 2. The minimum atomic E-state index is 0.0919. The highest BCUT2D eigenvalue weighted by Gasteiger charge is 2.06. The third-order valence-electron chi connectivity index (χ3n) is 2.72. The van der Waals surface area contributed by atoms with Crippen molar-refractivity contribution in [1.29, 1.82) is 0 Å². The zero-order chi connectivity index (χ0) is 14.8. The maximum absolute atomic E-state index is 9.90. The van der Waals surface area contributed by atoms with E-state index in [1.807, 2.05) is 24.3 Å². The molecule has 0 atom stereocenters. The first-order valence-electron chi connectivity index (χ1n) is 5.96. The highest BCUT2D eigenvalue weighted by atomic mass is 79.9. The van der Waals surface area contributed by atoms with E-state index in [2.05, 4.69) is 31.4 Å². The molecule has 106 valence electrons. The van der Waals surface area contributed by atoms with Gasteiger partial charge in [-0.3, -0.25) is 5.43 Å². The molecule has 7 heteroatoms. The first-order valence-corrected chi connectivity index (χ1v) is 7.95. The smallest absolute Gasteiger partial charge is 0.204 e. The maximum Gasteiger partial charge on any atom is 0.204 e. The van der Waals surface area contributed by atoms with Crippen LogP contribution in [0.3, 0.4) is 0 Å². The number of aromatic nitrogens is 1. The van der Waals surface area contributed by atoms with Gasteiger partial charge < -0.3 is 5.11 Å². The number of para-hydroxylation sites is 1. The SMILES string of the molecule is Oc1c(Br)cc(Cl)cc1/C=N/Nc1nc2ccccc2s1. The van der Waals surface area contributed by atoms with E-state index in [-0.39, 0.29) is 5.75 Å². The Bertz CT molecular complexity index is 801. The van der Waals surface area contributed by atoms with Crippen LogP contribution in [0.25, 0.3) is 10.2 Å². The minimum Gasteiger partial charge on any atom is -0.506 e. The fraction of sp³-hybridized carbons (Fsp3) is 0. The number of hydrogen-bond acceptors (Lipinski definition) is 5. The van der Waals surface area contributed by atoms with E-state index in [0.717, 1.165) is 10.2 Å². The molecule has 2 aromatic carbocycles. The number of nitrogens with one attached hydrogen (secondary N) is 1. The molecular formula is C14H9BrClN3OS. The number of benzene rings is 2. The molecule has 4 nitrogen and oxygen atoms in total. The van der Waals surface area contributed by atoms with Crippen LogP contribution in [0.5, 0.6) is 5.75 Å². The summed E-state index contributed by atoms with van der Waals surface area (Å²) >= 11 is 10.7. The summed E-state index contributed by atoms with van der Waals surface area (Å²) in [5.41, 5.74) is 4.30. The fourth-order valence-corrected chi connectivity index (χ4v) is 3.41. The zero-order valence-electron chi connectivity index (χ0n) is 10.5. The van der Waals surface area contributed by atoms with Crippen LogP contribution in [0.4, 0.5) is 5.13 Å². The van der Waals surface area contributed by atoms with Crippen LogP contribution in [0.1, 0.15) is 5.56 Å². The molecular weight excluding hydrogens is 374 g/mol. The molecule has 0 amide bonds. The molecule has 0 unspecified atom stereocenters. The number of aromatic hydroxyl groups is 1. The molecule has 3 rings (SSSR count). The molecule has 0 saturated carbocycles. The van der Waals surface area contributed by atoms with Gasteiger partial charge in [0.2, 0.25) is 5.13 Å². The molecule has 0 fully saturated rings. The molecule has 0 spiro atoms. The molecule has 0 bridgehead atoms. The lowest BCUT2D eigenvalue weighted by Crippen LogP contribution is -1.90. The Kier molecular flexibility index (Phi) is 4.10. The van der Waals surface area contributed by atoms with Crippen molar-refractivity contribution >= 4 is 60.4 Å². The van der Waals surface area contributed by atoms with Crippen molar-refractivity contribution in [2.24, 2.45) is 5.10 Å². The number of hydrazone groups is 1. The van der Waals surface area contributed by atoms with Gasteiger partial charge in [0.1, 0.15) is 5.75 Å². The van der Waals surface area contributed by atoms with Crippen LogP contribution in [-0.4, -0.2) is 16.3 Å². The van der Waals surface area contributed by atoms with Gasteiger partial charge in [0.25, 0.3) is 0 Å². The maximum atomic E-state index is 9.90. The lowest BCUT2D eigenvalue weighted by atomic mass is 10.2. The molecule has 3 aromatic rings. The second kappa shape index (κ2) is 6.01. The summed E-state index contributed by atoms with van der Waals surface area (Å²) in [6.45, 7) is 0. The predicted octanol–water partition coefficient (Wildman–Crippen LogP) is 4.86. The van der Waals surface area contributed by atoms with E-state index < -0.39 is 0 Å². The van der Waals surface area contributed by atoms with E-state index in [4.69, 9.17) is 11.6 Å². The van der Waals surface area contributed by atoms with E-state index in [1.54, 1.807) is 12.1 Å². The highest BCUT2D eigenvalue weighted by Crippen LogP contribution is 2.30. The van der Waals surface area contributed by atoms with Crippen LogP contribution in [0.2, 0.25) is 5.02 Å². The van der Waals surface area contributed by atoms with Crippen molar-refractivity contribution in [2.45, 2.75) is 0 Å². The summed E-state index contributed by atoms with van der Waals surface area (Å²) in [6.07, 6.45) is 1.50. The van der Waals surface area contributed by atoms with Gasteiger partial charge in [0, 0.05) is 10.6 Å². The first kappa shape index (κ1) is 14.3. The molecule has 1 aromatic heterocycles. The summed E-state index contributed by atoms with van der Waals surface area (Å²) in [6, 6.07) is 11.1. The number of phenolic OH excluding ortho intramolecular Hbond substituents is 1. The second-order valence-electron chi connectivity index (χ2n) is 4.18. The summed E-state index contributed by atoms with van der Waals surface area (Å²) in [5.74, 6) is 0.0919. The van der Waals surface area contributed by atoms with Gasteiger partial charge in [-0.2, -0.15) is 5.10 Å². The largest absolute Gasteiger partial charge is 0.506 e. The normalized spacial score (nSPS) is 11.3. The van der Waals surface area contributed by atoms with Crippen molar-refractivity contribution in [2.75, 3.05) is 5.43 Å². The Morgan fingerprint density at radius 3 is 2.95 bits per heavy atom. The van der Waals surface area contributed by atoms with Crippen molar-refractivity contribution < 1.29 is 5.11 Å². The minimum absolute atomic E-state index is 0.0919. The number of anilines is 1. The Balaban J connectivity index is 1.81. The van der Waals surface area contributed by atoms with Crippen molar-refractivity contribution in [3.8, 4) is 5.75 Å². The van der Waals surface area contributed by atoms with Gasteiger partial charge >= 0.3 is 0 Å². The van der Waals surface area contributed by atoms with Crippen LogP contribution in [0, 0.1) is 0 Å². The van der Waals surface area contributed by atoms with Crippen molar-refractivity contribution in [3.05, 3.63) is 51.5 Å². The van der Waals surface area contributed by atoms with Gasteiger partial charge in [-0.1, -0.05) is 35.1 Å². The van der Waals surface area contributed by atoms with E-state index >= 15 is 0 Å². The van der Waals surface area contributed by atoms with Gasteiger partial charge in [-0.25, -0.2) is 4.98 Å². The summed E-state index contributed by atoms with van der Waals surface area (Å²) < 4.78 is 1.61. The Hall–Kier alpha value is -1.63. The van der Waals surface area contributed by atoms with E-state index in [9.17, 15) is 5.11 Å². The number of thiazole rings is 1. The third kappa shape index (κ3) is 3.18. The average molecular weight is 383 g/mol. The quantitative estimate of drug-likeness (QED) is 0.502. The lowest BCUT2D eigenvalue weighted by Gasteiger charge is -2.02. The third-order valence-corrected chi connectivity index (χ3v) is 4.48. The van der Waals surface area contributed by atoms with Crippen LogP contribution in [0.15, 0.2) is 46.0 Å². The monoisotopic (exact) mass is 381 g/mol. The average Bonchev–Trinajstić information content (AvgIpc) is 2.86. The standard InChI is InChI=1S/C14H9BrClN3OS/c15-10-6-9(16)5-8(13(10)20)7-17-19-14-18-11-3-1-2-4-12(11)21-14/h1-7,20H,(H,18,19)/b17-7+. The van der Waals surface area contributed by atoms with Gasteiger partial charge in [0.15, 0.2) is 0 Å². The number of fused-ring (bicyclic) bond motifs is 1. The van der Waals surface area contributed by atoms with Crippen LogP contribution < -0.4 is 5.43 Å². The molecule has 0 saturated heterocycles.